The Morgan fingerprint density at radius 2 is 1.72 bits per heavy atom. The van der Waals surface area contributed by atoms with E-state index in [0.29, 0.717) is 24.5 Å². The average Bonchev–Trinajstić information content (AvgIpc) is 2.78. The predicted molar refractivity (Wildman–Crippen MR) is 130 cm³/mol. The van der Waals surface area contributed by atoms with E-state index < -0.39 is 18.2 Å². The molecular weight excluding hydrogens is 424 g/mol. The third-order valence-electron chi connectivity index (χ3n) is 5.81. The first-order chi connectivity index (χ1) is 15.4. The van der Waals surface area contributed by atoms with Crippen molar-refractivity contribution in [1.82, 2.24) is 10.6 Å². The van der Waals surface area contributed by atoms with Crippen LogP contribution in [0.15, 0.2) is 30.3 Å². The van der Waals surface area contributed by atoms with Crippen LogP contribution in [0.3, 0.4) is 0 Å². The van der Waals surface area contributed by atoms with Crippen LogP contribution in [0.25, 0.3) is 0 Å². The second-order valence-corrected chi connectivity index (χ2v) is 9.95. The van der Waals surface area contributed by atoms with Crippen molar-refractivity contribution in [2.75, 3.05) is 12.0 Å². The molecule has 178 valence electrons. The minimum atomic E-state index is -0.741. The maximum absolute atomic E-state index is 13.1. The normalized spacial score (nSPS) is 16.2. The number of rotatable bonds is 12. The van der Waals surface area contributed by atoms with Gasteiger partial charge in [0, 0.05) is 0 Å². The molecular formula is C25H38N2O4S. The highest BCUT2D eigenvalue weighted by atomic mass is 32.2. The molecule has 2 rings (SSSR count). The van der Waals surface area contributed by atoms with Gasteiger partial charge in [0.1, 0.15) is 12.6 Å². The Kier molecular flexibility index (Phi) is 11.6. The standard InChI is InChI=1S/C25H38N2O4S/c1-18(2)14-22(27-25(30)31-16-20-12-8-5-9-13-20)24(29)26-21(23(28)17-32-3)15-19-10-6-4-7-11-19/h5,8-9,12-13,18-19,21-22H,4,6-7,10-11,14-17H2,1-3H3,(H,26,29)(H,27,30). The molecule has 6 nitrogen and oxygen atoms in total. The summed E-state index contributed by atoms with van der Waals surface area (Å²) in [4.78, 5) is 38.2. The number of ketones is 1. The lowest BCUT2D eigenvalue weighted by Crippen LogP contribution is -2.52. The summed E-state index contributed by atoms with van der Waals surface area (Å²) < 4.78 is 5.30. The van der Waals surface area contributed by atoms with Crippen molar-refractivity contribution >= 4 is 29.5 Å². The van der Waals surface area contributed by atoms with Gasteiger partial charge in [-0.25, -0.2) is 4.79 Å². The van der Waals surface area contributed by atoms with Gasteiger partial charge >= 0.3 is 6.09 Å². The van der Waals surface area contributed by atoms with Gasteiger partial charge in [-0.15, -0.1) is 0 Å². The van der Waals surface area contributed by atoms with E-state index in [-0.39, 0.29) is 24.2 Å². The summed E-state index contributed by atoms with van der Waals surface area (Å²) in [6.07, 6.45) is 8.25. The van der Waals surface area contributed by atoms with E-state index in [0.717, 1.165) is 18.4 Å². The topological polar surface area (TPSA) is 84.5 Å². The molecule has 0 spiro atoms. The monoisotopic (exact) mass is 462 g/mol. The van der Waals surface area contributed by atoms with Gasteiger partial charge in [0.15, 0.2) is 5.78 Å². The van der Waals surface area contributed by atoms with E-state index in [1.807, 2.05) is 50.4 Å². The molecule has 2 amide bonds. The molecule has 2 atom stereocenters. The smallest absolute Gasteiger partial charge is 0.408 e. The minimum Gasteiger partial charge on any atom is -0.445 e. The number of amides is 2. The van der Waals surface area contributed by atoms with Crippen molar-refractivity contribution in [2.24, 2.45) is 11.8 Å². The zero-order valence-corrected chi connectivity index (χ0v) is 20.4. The molecule has 1 saturated carbocycles. The molecule has 0 bridgehead atoms. The fraction of sp³-hybridized carbons (Fsp3) is 0.640. The van der Waals surface area contributed by atoms with E-state index in [1.165, 1.54) is 31.0 Å². The molecule has 0 saturated heterocycles. The Hall–Kier alpha value is -2.02. The van der Waals surface area contributed by atoms with E-state index in [2.05, 4.69) is 10.6 Å². The molecule has 1 aromatic rings. The van der Waals surface area contributed by atoms with Gasteiger partial charge in [0.25, 0.3) is 0 Å². The molecule has 0 heterocycles. The number of benzene rings is 1. The van der Waals surface area contributed by atoms with Crippen LogP contribution in [0.2, 0.25) is 0 Å². The number of ether oxygens (including phenoxy) is 1. The predicted octanol–water partition coefficient (Wildman–Crippen LogP) is 4.71. The lowest BCUT2D eigenvalue weighted by molar-refractivity contribution is -0.128. The summed E-state index contributed by atoms with van der Waals surface area (Å²) >= 11 is 1.47. The number of thioether (sulfide) groups is 1. The summed E-state index contributed by atoms with van der Waals surface area (Å²) in [5.41, 5.74) is 0.878. The summed E-state index contributed by atoms with van der Waals surface area (Å²) in [6.45, 7) is 4.13. The van der Waals surface area contributed by atoms with E-state index in [1.54, 1.807) is 0 Å². The van der Waals surface area contributed by atoms with Crippen molar-refractivity contribution in [3.63, 3.8) is 0 Å². The van der Waals surface area contributed by atoms with Crippen LogP contribution < -0.4 is 10.6 Å². The molecule has 1 aromatic carbocycles. The van der Waals surface area contributed by atoms with E-state index >= 15 is 0 Å². The Labute approximate surface area is 196 Å². The Morgan fingerprint density at radius 1 is 1.03 bits per heavy atom. The van der Waals surface area contributed by atoms with Crippen LogP contribution in [0, 0.1) is 11.8 Å². The quantitative estimate of drug-likeness (QED) is 0.470. The third-order valence-corrected chi connectivity index (χ3v) is 6.39. The Bertz CT molecular complexity index is 720. The highest BCUT2D eigenvalue weighted by molar-refractivity contribution is 7.99. The zero-order chi connectivity index (χ0) is 23.3. The maximum atomic E-state index is 13.1. The first kappa shape index (κ1) is 26.2. The van der Waals surface area contributed by atoms with Gasteiger partial charge in [-0.2, -0.15) is 11.8 Å². The lowest BCUT2D eigenvalue weighted by atomic mass is 9.84. The van der Waals surface area contributed by atoms with Crippen LogP contribution >= 0.6 is 11.8 Å². The first-order valence-electron chi connectivity index (χ1n) is 11.7. The third kappa shape index (κ3) is 9.63. The number of nitrogens with one attached hydrogen (secondary N) is 2. The second-order valence-electron chi connectivity index (χ2n) is 9.09. The molecule has 0 radical (unpaired) electrons. The molecule has 32 heavy (non-hydrogen) atoms. The van der Waals surface area contributed by atoms with Gasteiger partial charge in [-0.3, -0.25) is 9.59 Å². The van der Waals surface area contributed by atoms with Crippen molar-refractivity contribution in [2.45, 2.75) is 77.5 Å². The summed E-state index contributed by atoms with van der Waals surface area (Å²) in [5.74, 6) is 0.766. The Balaban J connectivity index is 1.98. The van der Waals surface area contributed by atoms with Gasteiger partial charge in [0.05, 0.1) is 11.8 Å². The Morgan fingerprint density at radius 3 is 2.34 bits per heavy atom. The molecule has 2 unspecified atom stereocenters. The van der Waals surface area contributed by atoms with Crippen molar-refractivity contribution in [3.8, 4) is 0 Å². The highest BCUT2D eigenvalue weighted by Gasteiger charge is 2.29. The summed E-state index contributed by atoms with van der Waals surface area (Å²) in [6, 6.07) is 8.16. The van der Waals surface area contributed by atoms with Gasteiger partial charge in [0.2, 0.25) is 5.91 Å². The fourth-order valence-corrected chi connectivity index (χ4v) is 4.64. The fourth-order valence-electron chi connectivity index (χ4n) is 4.15. The van der Waals surface area contributed by atoms with Crippen LogP contribution in [0.1, 0.15) is 64.4 Å². The molecule has 2 N–H and O–H groups in total. The van der Waals surface area contributed by atoms with Crippen molar-refractivity contribution in [1.29, 1.82) is 0 Å². The molecule has 7 heteroatoms. The van der Waals surface area contributed by atoms with E-state index in [9.17, 15) is 14.4 Å². The summed E-state index contributed by atoms with van der Waals surface area (Å²) in [5, 5.41) is 5.67. The van der Waals surface area contributed by atoms with Crippen LogP contribution in [-0.4, -0.2) is 41.9 Å². The highest BCUT2D eigenvalue weighted by Crippen LogP contribution is 2.27. The van der Waals surface area contributed by atoms with Crippen molar-refractivity contribution in [3.05, 3.63) is 35.9 Å². The van der Waals surface area contributed by atoms with Gasteiger partial charge < -0.3 is 15.4 Å². The first-order valence-corrected chi connectivity index (χ1v) is 13.1. The molecule has 1 aliphatic rings. The van der Waals surface area contributed by atoms with Crippen LogP contribution in [0.5, 0.6) is 0 Å². The number of carbonyl (C=O) groups excluding carboxylic acids is 3. The average molecular weight is 463 g/mol. The number of alkyl carbamates (subject to hydrolysis) is 1. The van der Waals surface area contributed by atoms with Crippen molar-refractivity contribution < 1.29 is 19.1 Å². The van der Waals surface area contributed by atoms with Gasteiger partial charge in [-0.05, 0) is 36.5 Å². The molecule has 0 aliphatic heterocycles. The van der Waals surface area contributed by atoms with Gasteiger partial charge in [-0.1, -0.05) is 76.3 Å². The second kappa shape index (κ2) is 14.2. The number of hydrogen-bond acceptors (Lipinski definition) is 5. The number of carbonyl (C=O) groups is 3. The molecule has 1 fully saturated rings. The molecule has 1 aliphatic carbocycles. The number of Topliss-reactive ketones (excluding diaryl/α,β-unsaturated/α-hetero) is 1. The number of hydrogen-bond donors (Lipinski definition) is 2. The van der Waals surface area contributed by atoms with Crippen LogP contribution in [-0.2, 0) is 20.9 Å². The maximum Gasteiger partial charge on any atom is 0.408 e. The lowest BCUT2D eigenvalue weighted by Gasteiger charge is -2.28. The van der Waals surface area contributed by atoms with E-state index in [4.69, 9.17) is 4.74 Å². The van der Waals surface area contributed by atoms with Crippen LogP contribution in [0.4, 0.5) is 4.79 Å². The SMILES string of the molecule is CSCC(=O)C(CC1CCCCC1)NC(=O)C(CC(C)C)NC(=O)OCc1ccccc1. The largest absolute Gasteiger partial charge is 0.445 e. The summed E-state index contributed by atoms with van der Waals surface area (Å²) in [7, 11) is 0. The zero-order valence-electron chi connectivity index (χ0n) is 19.6. The minimum absolute atomic E-state index is 0.0476. The molecule has 0 aromatic heterocycles.